The van der Waals surface area contributed by atoms with Crippen LogP contribution >= 0.6 is 0 Å². The van der Waals surface area contributed by atoms with Gasteiger partial charge >= 0.3 is 11.9 Å². The molecule has 4 heteroatoms. The molecule has 0 unspecified atom stereocenters. The van der Waals surface area contributed by atoms with Gasteiger partial charge in [-0.15, -0.1) is 0 Å². The summed E-state index contributed by atoms with van der Waals surface area (Å²) in [6.45, 7) is 3.69. The first-order chi connectivity index (χ1) is 7.56. The average Bonchev–Trinajstić information content (AvgIpc) is 2.25. The fraction of sp³-hybridized carbons (Fsp3) is 0.250. The van der Waals surface area contributed by atoms with Crippen LogP contribution in [0, 0.1) is 6.92 Å². The molecular formula is C12H13O4. The number of hydrogen-bond acceptors (Lipinski definition) is 2. The second-order valence-electron chi connectivity index (χ2n) is 3.45. The lowest BCUT2D eigenvalue weighted by Gasteiger charge is -2.05. The van der Waals surface area contributed by atoms with Crippen molar-refractivity contribution in [3.8, 4) is 0 Å². The number of unbranched alkanes of at least 4 members (excludes halogenated alkanes) is 1. The van der Waals surface area contributed by atoms with E-state index in [1.165, 1.54) is 12.1 Å². The summed E-state index contributed by atoms with van der Waals surface area (Å²) in [7, 11) is 0. The summed E-state index contributed by atoms with van der Waals surface area (Å²) in [5, 5.41) is 17.7. The van der Waals surface area contributed by atoms with Crippen LogP contribution in [0.25, 0.3) is 0 Å². The number of benzene rings is 1. The molecule has 0 aliphatic heterocycles. The van der Waals surface area contributed by atoms with E-state index in [0.717, 1.165) is 18.4 Å². The van der Waals surface area contributed by atoms with Crippen LogP contribution in [0.3, 0.4) is 0 Å². The molecule has 1 aromatic carbocycles. The number of aromatic carboxylic acids is 2. The number of carboxylic acids is 2. The van der Waals surface area contributed by atoms with Gasteiger partial charge in [0.2, 0.25) is 0 Å². The van der Waals surface area contributed by atoms with E-state index >= 15 is 0 Å². The summed E-state index contributed by atoms with van der Waals surface area (Å²) in [6, 6.07) is 4.40. The fourth-order valence-electron chi connectivity index (χ4n) is 1.44. The molecule has 4 nitrogen and oxygen atoms in total. The molecule has 0 heterocycles. The van der Waals surface area contributed by atoms with Gasteiger partial charge in [0.1, 0.15) is 0 Å². The van der Waals surface area contributed by atoms with Gasteiger partial charge in [-0.2, -0.15) is 0 Å². The summed E-state index contributed by atoms with van der Waals surface area (Å²) >= 11 is 0. The van der Waals surface area contributed by atoms with Crippen LogP contribution in [0.15, 0.2) is 18.2 Å². The SMILES string of the molecule is [CH2]CCCc1ccc(C(=O)O)c(C(=O)O)c1. The molecule has 0 bridgehead atoms. The molecule has 0 fully saturated rings. The molecule has 0 saturated carbocycles. The number of rotatable bonds is 5. The molecule has 16 heavy (non-hydrogen) atoms. The van der Waals surface area contributed by atoms with Gasteiger partial charge in [-0.3, -0.25) is 0 Å². The largest absolute Gasteiger partial charge is 0.478 e. The summed E-state index contributed by atoms with van der Waals surface area (Å²) in [5.41, 5.74) is 0.492. The highest BCUT2D eigenvalue weighted by atomic mass is 16.4. The zero-order valence-corrected chi connectivity index (χ0v) is 8.77. The van der Waals surface area contributed by atoms with Crippen molar-refractivity contribution < 1.29 is 19.8 Å². The van der Waals surface area contributed by atoms with Gasteiger partial charge in [-0.05, 0) is 30.5 Å². The van der Waals surface area contributed by atoms with Gasteiger partial charge in [0.05, 0.1) is 11.1 Å². The summed E-state index contributed by atoms with van der Waals surface area (Å²) in [5.74, 6) is -2.44. The van der Waals surface area contributed by atoms with E-state index in [-0.39, 0.29) is 11.1 Å². The Balaban J connectivity index is 3.07. The van der Waals surface area contributed by atoms with Gasteiger partial charge in [-0.25, -0.2) is 9.59 Å². The Labute approximate surface area is 93.5 Å². The maximum Gasteiger partial charge on any atom is 0.336 e. The van der Waals surface area contributed by atoms with Crippen LogP contribution in [-0.2, 0) is 6.42 Å². The molecule has 0 atom stereocenters. The first-order valence-electron chi connectivity index (χ1n) is 4.95. The van der Waals surface area contributed by atoms with Crippen molar-refractivity contribution in [2.75, 3.05) is 0 Å². The fourth-order valence-corrected chi connectivity index (χ4v) is 1.44. The summed E-state index contributed by atoms with van der Waals surface area (Å²) in [4.78, 5) is 21.7. The van der Waals surface area contributed by atoms with Gasteiger partial charge in [0.15, 0.2) is 0 Å². The molecule has 1 aromatic rings. The van der Waals surface area contributed by atoms with Gasteiger partial charge < -0.3 is 10.2 Å². The lowest BCUT2D eigenvalue weighted by atomic mass is 10.0. The molecule has 85 valence electrons. The summed E-state index contributed by atoms with van der Waals surface area (Å²) < 4.78 is 0. The minimum absolute atomic E-state index is 0.158. The molecule has 0 aliphatic rings. The van der Waals surface area contributed by atoms with Gasteiger partial charge in [-0.1, -0.05) is 19.4 Å². The van der Waals surface area contributed by atoms with Crippen molar-refractivity contribution >= 4 is 11.9 Å². The highest BCUT2D eigenvalue weighted by Gasteiger charge is 2.15. The number of carboxylic acid groups (broad SMARTS) is 2. The predicted molar refractivity (Wildman–Crippen MR) is 58.7 cm³/mol. The Morgan fingerprint density at radius 2 is 1.75 bits per heavy atom. The molecule has 0 aromatic heterocycles. The van der Waals surface area contributed by atoms with Crippen LogP contribution in [0.2, 0.25) is 0 Å². The molecule has 1 radical (unpaired) electrons. The van der Waals surface area contributed by atoms with Crippen molar-refractivity contribution in [1.82, 2.24) is 0 Å². The molecular weight excluding hydrogens is 208 g/mol. The maximum absolute atomic E-state index is 10.9. The quantitative estimate of drug-likeness (QED) is 0.799. The molecule has 1 rings (SSSR count). The third kappa shape index (κ3) is 2.82. The van der Waals surface area contributed by atoms with Crippen molar-refractivity contribution in [2.45, 2.75) is 19.3 Å². The predicted octanol–water partition coefficient (Wildman–Crippen LogP) is 2.24. The van der Waals surface area contributed by atoms with Gasteiger partial charge in [0.25, 0.3) is 0 Å². The lowest BCUT2D eigenvalue weighted by Crippen LogP contribution is -2.08. The van der Waals surface area contributed by atoms with Gasteiger partial charge in [0, 0.05) is 0 Å². The van der Waals surface area contributed by atoms with E-state index in [2.05, 4.69) is 6.92 Å². The van der Waals surface area contributed by atoms with E-state index < -0.39 is 11.9 Å². The third-order valence-corrected chi connectivity index (χ3v) is 2.26. The van der Waals surface area contributed by atoms with Crippen LogP contribution in [-0.4, -0.2) is 22.2 Å². The highest BCUT2D eigenvalue weighted by molar-refractivity contribution is 6.01. The Kier molecular flexibility index (Phi) is 4.05. The Hall–Kier alpha value is -1.84. The summed E-state index contributed by atoms with van der Waals surface area (Å²) in [6.07, 6.45) is 2.33. The van der Waals surface area contributed by atoms with E-state index in [9.17, 15) is 9.59 Å². The molecule has 0 saturated heterocycles. The van der Waals surface area contributed by atoms with E-state index in [1.807, 2.05) is 0 Å². The van der Waals surface area contributed by atoms with Crippen molar-refractivity contribution in [3.63, 3.8) is 0 Å². The zero-order chi connectivity index (χ0) is 12.1. The second kappa shape index (κ2) is 5.30. The standard InChI is InChI=1S/C12H13O4/c1-2-3-4-8-5-6-9(11(13)14)10(7-8)12(15)16/h5-7H,1-4H2,(H,13,14)(H,15,16). The van der Waals surface area contributed by atoms with Crippen LogP contribution in [0.4, 0.5) is 0 Å². The normalized spacial score (nSPS) is 10.1. The van der Waals surface area contributed by atoms with Crippen molar-refractivity contribution in [1.29, 1.82) is 0 Å². The minimum atomic E-state index is -1.22. The first-order valence-corrected chi connectivity index (χ1v) is 4.95. The van der Waals surface area contributed by atoms with E-state index in [0.29, 0.717) is 6.42 Å². The Bertz CT molecular complexity index is 409. The van der Waals surface area contributed by atoms with Crippen LogP contribution in [0.5, 0.6) is 0 Å². The van der Waals surface area contributed by atoms with E-state index in [1.54, 1.807) is 6.07 Å². The first kappa shape index (κ1) is 12.2. The Morgan fingerprint density at radius 1 is 1.12 bits per heavy atom. The Morgan fingerprint density at radius 3 is 2.25 bits per heavy atom. The zero-order valence-electron chi connectivity index (χ0n) is 8.77. The molecule has 0 spiro atoms. The number of hydrogen-bond donors (Lipinski definition) is 2. The third-order valence-electron chi connectivity index (χ3n) is 2.26. The minimum Gasteiger partial charge on any atom is -0.478 e. The van der Waals surface area contributed by atoms with E-state index in [4.69, 9.17) is 10.2 Å². The smallest absolute Gasteiger partial charge is 0.336 e. The molecule has 2 N–H and O–H groups in total. The highest BCUT2D eigenvalue weighted by Crippen LogP contribution is 2.14. The average molecular weight is 221 g/mol. The topological polar surface area (TPSA) is 74.6 Å². The lowest BCUT2D eigenvalue weighted by molar-refractivity contribution is 0.0651. The molecule has 0 amide bonds. The maximum atomic E-state index is 10.9. The second-order valence-corrected chi connectivity index (χ2v) is 3.45. The number of aryl methyl sites for hydroxylation is 1. The monoisotopic (exact) mass is 221 g/mol. The van der Waals surface area contributed by atoms with Crippen molar-refractivity contribution in [2.24, 2.45) is 0 Å². The van der Waals surface area contributed by atoms with Crippen molar-refractivity contribution in [3.05, 3.63) is 41.8 Å². The van der Waals surface area contributed by atoms with Crippen LogP contribution in [0.1, 0.15) is 39.1 Å². The van der Waals surface area contributed by atoms with Crippen LogP contribution < -0.4 is 0 Å². The number of carbonyl (C=O) groups is 2. The molecule has 0 aliphatic carbocycles.